The lowest BCUT2D eigenvalue weighted by molar-refractivity contribution is 0.152. The summed E-state index contributed by atoms with van der Waals surface area (Å²) in [6, 6.07) is 0. The van der Waals surface area contributed by atoms with Gasteiger partial charge >= 0.3 is 0 Å². The van der Waals surface area contributed by atoms with Crippen LogP contribution >= 0.6 is 0 Å². The van der Waals surface area contributed by atoms with Crippen molar-refractivity contribution in [3.05, 3.63) is 28.6 Å². The summed E-state index contributed by atoms with van der Waals surface area (Å²) in [5, 5.41) is 8.20. The fourth-order valence-electron chi connectivity index (χ4n) is 3.24. The Morgan fingerprint density at radius 3 is 2.75 bits per heavy atom. The van der Waals surface area contributed by atoms with E-state index < -0.39 is 0 Å². The van der Waals surface area contributed by atoms with Crippen LogP contribution in [0.15, 0.2) is 17.2 Å². The van der Waals surface area contributed by atoms with Gasteiger partial charge in [-0.15, -0.1) is 10.2 Å². The molecule has 2 atom stereocenters. The summed E-state index contributed by atoms with van der Waals surface area (Å²) < 4.78 is 8.81. The number of rotatable bonds is 2. The zero-order valence-corrected chi connectivity index (χ0v) is 11.4. The zero-order chi connectivity index (χ0) is 13.7. The number of likely N-dealkylation sites (tertiary alicyclic amines) is 1. The van der Waals surface area contributed by atoms with Crippen LogP contribution in [0.2, 0.25) is 0 Å². The van der Waals surface area contributed by atoms with Gasteiger partial charge in [-0.3, -0.25) is 14.1 Å². The van der Waals surface area contributed by atoms with E-state index in [2.05, 4.69) is 15.1 Å². The summed E-state index contributed by atoms with van der Waals surface area (Å²) >= 11 is 0. The lowest BCUT2D eigenvalue weighted by atomic mass is 10.0. The number of aromatic nitrogens is 4. The van der Waals surface area contributed by atoms with Crippen molar-refractivity contribution >= 4 is 5.65 Å². The van der Waals surface area contributed by atoms with Crippen molar-refractivity contribution in [3.63, 3.8) is 0 Å². The number of hydrogen-bond acceptors (Lipinski definition) is 5. The maximum atomic E-state index is 11.9. The normalized spacial score (nSPS) is 26.4. The van der Waals surface area contributed by atoms with Gasteiger partial charge in [0.15, 0.2) is 5.82 Å². The topological polar surface area (TPSA) is 64.7 Å². The molecule has 0 saturated carbocycles. The van der Waals surface area contributed by atoms with Crippen LogP contribution in [0.25, 0.3) is 5.65 Å². The lowest BCUT2D eigenvalue weighted by Gasteiger charge is -2.15. The first kappa shape index (κ1) is 12.0. The summed E-state index contributed by atoms with van der Waals surface area (Å²) in [6.07, 6.45) is 3.60. The Bertz CT molecular complexity index is 694. The second-order valence-corrected chi connectivity index (χ2v) is 5.78. The average Bonchev–Trinajstić information content (AvgIpc) is 3.09. The van der Waals surface area contributed by atoms with Gasteiger partial charge in [0.1, 0.15) is 0 Å². The molecule has 2 aliphatic heterocycles. The summed E-state index contributed by atoms with van der Waals surface area (Å²) in [7, 11) is 1.72. The van der Waals surface area contributed by atoms with Crippen LogP contribution in [-0.4, -0.2) is 50.4 Å². The van der Waals surface area contributed by atoms with Gasteiger partial charge in [0, 0.05) is 44.4 Å². The van der Waals surface area contributed by atoms with Crippen LogP contribution in [0.3, 0.4) is 0 Å². The van der Waals surface area contributed by atoms with E-state index in [4.69, 9.17) is 4.74 Å². The maximum Gasteiger partial charge on any atom is 0.295 e. The second-order valence-electron chi connectivity index (χ2n) is 5.78. The zero-order valence-electron chi connectivity index (χ0n) is 11.4. The van der Waals surface area contributed by atoms with Gasteiger partial charge in [0.25, 0.3) is 5.56 Å². The van der Waals surface area contributed by atoms with Gasteiger partial charge in [0.2, 0.25) is 5.65 Å². The van der Waals surface area contributed by atoms with E-state index in [1.54, 1.807) is 17.6 Å². The van der Waals surface area contributed by atoms with E-state index in [1.807, 2.05) is 6.20 Å². The predicted octanol–water partition coefficient (Wildman–Crippen LogP) is -0.494. The minimum Gasteiger partial charge on any atom is -0.381 e. The molecule has 2 aromatic heterocycles. The van der Waals surface area contributed by atoms with Crippen molar-refractivity contribution < 1.29 is 4.74 Å². The van der Waals surface area contributed by atoms with Crippen LogP contribution in [0, 0.1) is 11.8 Å². The number of fused-ring (bicyclic) bond motifs is 2. The van der Waals surface area contributed by atoms with Crippen LogP contribution in [-0.2, 0) is 18.3 Å². The third kappa shape index (κ3) is 1.77. The molecular weight excluding hydrogens is 258 g/mol. The third-order valence-corrected chi connectivity index (χ3v) is 4.40. The van der Waals surface area contributed by atoms with E-state index in [0.717, 1.165) is 38.7 Å². The molecule has 0 aliphatic carbocycles. The highest BCUT2D eigenvalue weighted by molar-refractivity contribution is 5.34. The van der Waals surface area contributed by atoms with E-state index >= 15 is 0 Å². The fraction of sp³-hybridized carbons (Fsp3) is 0.615. The number of ether oxygens (including phenoxy) is 1. The van der Waals surface area contributed by atoms with Crippen LogP contribution in [0.5, 0.6) is 0 Å². The quantitative estimate of drug-likeness (QED) is 0.740. The van der Waals surface area contributed by atoms with Gasteiger partial charge in [-0.1, -0.05) is 0 Å². The van der Waals surface area contributed by atoms with Crippen molar-refractivity contribution in [1.29, 1.82) is 0 Å². The average molecular weight is 275 g/mol. The first-order valence-electron chi connectivity index (χ1n) is 6.92. The number of aryl methyl sites for hydroxylation is 1. The Hall–Kier alpha value is -1.73. The first-order valence-corrected chi connectivity index (χ1v) is 6.92. The highest BCUT2D eigenvalue weighted by Crippen LogP contribution is 2.29. The van der Waals surface area contributed by atoms with Crippen molar-refractivity contribution in [1.82, 2.24) is 24.1 Å². The van der Waals surface area contributed by atoms with Crippen LogP contribution in [0.1, 0.15) is 5.82 Å². The molecule has 7 heteroatoms. The largest absolute Gasteiger partial charge is 0.381 e. The molecule has 0 unspecified atom stereocenters. The van der Waals surface area contributed by atoms with E-state index in [1.165, 1.54) is 4.57 Å². The highest BCUT2D eigenvalue weighted by atomic mass is 16.5. The van der Waals surface area contributed by atoms with Crippen LogP contribution < -0.4 is 5.56 Å². The molecule has 4 rings (SSSR count). The van der Waals surface area contributed by atoms with Crippen LogP contribution in [0.4, 0.5) is 0 Å². The molecule has 0 amide bonds. The molecule has 0 spiro atoms. The highest BCUT2D eigenvalue weighted by Gasteiger charge is 2.37. The molecule has 0 radical (unpaired) electrons. The second kappa shape index (κ2) is 4.39. The summed E-state index contributed by atoms with van der Waals surface area (Å²) in [5.74, 6) is 2.14. The monoisotopic (exact) mass is 275 g/mol. The molecule has 0 bridgehead atoms. The first-order chi connectivity index (χ1) is 9.72. The van der Waals surface area contributed by atoms with E-state index in [0.29, 0.717) is 17.5 Å². The molecule has 106 valence electrons. The molecule has 4 heterocycles. The minimum atomic E-state index is -0.113. The smallest absolute Gasteiger partial charge is 0.295 e. The molecule has 0 aromatic carbocycles. The van der Waals surface area contributed by atoms with Gasteiger partial charge in [-0.25, -0.2) is 0 Å². The molecule has 0 N–H and O–H groups in total. The lowest BCUT2D eigenvalue weighted by Crippen LogP contribution is -2.24. The third-order valence-electron chi connectivity index (χ3n) is 4.40. The molecule has 2 fully saturated rings. The molecule has 2 aliphatic rings. The fourth-order valence-corrected chi connectivity index (χ4v) is 3.24. The van der Waals surface area contributed by atoms with Gasteiger partial charge in [-0.2, -0.15) is 0 Å². The number of hydrogen-bond donors (Lipinski definition) is 0. The molecular formula is C13H17N5O2. The number of nitrogens with zero attached hydrogens (tertiary/aromatic N) is 5. The Balaban J connectivity index is 1.61. The Morgan fingerprint density at radius 2 is 2.00 bits per heavy atom. The van der Waals surface area contributed by atoms with Crippen molar-refractivity contribution in [2.24, 2.45) is 18.9 Å². The Kier molecular flexibility index (Phi) is 2.64. The molecule has 2 saturated heterocycles. The minimum absolute atomic E-state index is 0.113. The van der Waals surface area contributed by atoms with Gasteiger partial charge < -0.3 is 9.30 Å². The van der Waals surface area contributed by atoms with Crippen molar-refractivity contribution in [2.45, 2.75) is 6.54 Å². The molecule has 7 nitrogen and oxygen atoms in total. The SMILES string of the molecule is Cn1ccn2c(CN3C[C@H]4COC[C@H]4C3)nnc2c1=O. The summed E-state index contributed by atoms with van der Waals surface area (Å²) in [6.45, 7) is 4.58. The van der Waals surface area contributed by atoms with E-state index in [-0.39, 0.29) is 5.56 Å². The summed E-state index contributed by atoms with van der Waals surface area (Å²) in [5.41, 5.74) is 0.283. The Morgan fingerprint density at radius 1 is 1.25 bits per heavy atom. The molecule has 2 aromatic rings. The predicted molar refractivity (Wildman–Crippen MR) is 71.3 cm³/mol. The Labute approximate surface area is 115 Å². The van der Waals surface area contributed by atoms with Gasteiger partial charge in [0.05, 0.1) is 19.8 Å². The standard InChI is InChI=1S/C13H17N5O2/c1-16-2-3-18-11(14-15-12(18)13(16)19)6-17-4-9-7-20-8-10(9)5-17/h2-3,9-10H,4-8H2,1H3/t9-,10+. The molecule has 20 heavy (non-hydrogen) atoms. The summed E-state index contributed by atoms with van der Waals surface area (Å²) in [4.78, 5) is 14.3. The van der Waals surface area contributed by atoms with E-state index in [9.17, 15) is 4.79 Å². The maximum absolute atomic E-state index is 11.9. The van der Waals surface area contributed by atoms with Crippen molar-refractivity contribution in [3.8, 4) is 0 Å². The van der Waals surface area contributed by atoms with Crippen molar-refractivity contribution in [2.75, 3.05) is 26.3 Å². The van der Waals surface area contributed by atoms with Gasteiger partial charge in [-0.05, 0) is 0 Å².